The maximum atomic E-state index is 12.5. The average molecular weight is 288 g/mol. The third-order valence-corrected chi connectivity index (χ3v) is 4.58. The number of hydrogen-bond donors (Lipinski definition) is 2. The average Bonchev–Trinajstić information content (AvgIpc) is 2.66. The number of aryl methyl sites for hydroxylation is 1. The van der Waals surface area contributed by atoms with Crippen molar-refractivity contribution in [2.75, 3.05) is 0 Å². The first kappa shape index (κ1) is 16.0. The second kappa shape index (κ2) is 7.60. The number of benzene rings is 1. The zero-order valence-electron chi connectivity index (χ0n) is 13.3. The molecular weight excluding hydrogens is 260 g/mol. The van der Waals surface area contributed by atoms with Gasteiger partial charge >= 0.3 is 0 Å². The Morgan fingerprint density at radius 3 is 2.76 bits per heavy atom. The van der Waals surface area contributed by atoms with Gasteiger partial charge in [0.25, 0.3) is 0 Å². The molecular formula is C18H28N2O. The van der Waals surface area contributed by atoms with Gasteiger partial charge in [0.15, 0.2) is 0 Å². The Hall–Kier alpha value is -1.35. The molecule has 3 unspecified atom stereocenters. The Morgan fingerprint density at radius 2 is 2.00 bits per heavy atom. The van der Waals surface area contributed by atoms with E-state index in [4.69, 9.17) is 5.73 Å². The lowest BCUT2D eigenvalue weighted by Gasteiger charge is -2.23. The normalized spacial score (nSPS) is 24.1. The predicted octanol–water partition coefficient (Wildman–Crippen LogP) is 2.95. The minimum absolute atomic E-state index is 0.00757. The monoisotopic (exact) mass is 288 g/mol. The Balaban J connectivity index is 1.91. The highest BCUT2D eigenvalue weighted by atomic mass is 16.2. The molecule has 1 aromatic rings. The van der Waals surface area contributed by atoms with Crippen LogP contribution in [0.25, 0.3) is 0 Å². The minimum atomic E-state index is -0.00757. The number of nitrogens with two attached hydrogens (primary N) is 1. The van der Waals surface area contributed by atoms with Crippen LogP contribution in [0.1, 0.15) is 50.2 Å². The Bertz CT molecular complexity index is 472. The molecule has 1 aliphatic rings. The smallest absolute Gasteiger partial charge is 0.224 e. The molecule has 3 heteroatoms. The van der Waals surface area contributed by atoms with Gasteiger partial charge in [0, 0.05) is 12.1 Å². The molecule has 21 heavy (non-hydrogen) atoms. The fraction of sp³-hybridized carbons (Fsp3) is 0.611. The van der Waals surface area contributed by atoms with Gasteiger partial charge in [-0.2, -0.15) is 0 Å². The van der Waals surface area contributed by atoms with E-state index in [1.54, 1.807) is 0 Å². The van der Waals surface area contributed by atoms with Crippen LogP contribution in [0.15, 0.2) is 24.3 Å². The molecule has 1 aromatic carbocycles. The predicted molar refractivity (Wildman–Crippen MR) is 87.0 cm³/mol. The summed E-state index contributed by atoms with van der Waals surface area (Å²) in [5.41, 5.74) is 8.76. The molecule has 0 heterocycles. The zero-order valence-corrected chi connectivity index (χ0v) is 13.3. The van der Waals surface area contributed by atoms with Gasteiger partial charge < -0.3 is 11.1 Å². The summed E-state index contributed by atoms with van der Waals surface area (Å²) in [5, 5.41) is 3.16. The van der Waals surface area contributed by atoms with Gasteiger partial charge in [-0.1, -0.05) is 43.5 Å². The molecule has 3 nitrogen and oxygen atoms in total. The van der Waals surface area contributed by atoms with Crippen LogP contribution in [-0.4, -0.2) is 18.0 Å². The summed E-state index contributed by atoms with van der Waals surface area (Å²) >= 11 is 0. The largest absolute Gasteiger partial charge is 0.353 e. The first-order valence-electron chi connectivity index (χ1n) is 8.18. The lowest BCUT2D eigenvalue weighted by molar-refractivity contribution is -0.126. The topological polar surface area (TPSA) is 55.1 Å². The van der Waals surface area contributed by atoms with Crippen LogP contribution in [0.2, 0.25) is 0 Å². The summed E-state index contributed by atoms with van der Waals surface area (Å²) in [4.78, 5) is 12.5. The van der Waals surface area contributed by atoms with Gasteiger partial charge in [0.05, 0.1) is 5.92 Å². The van der Waals surface area contributed by atoms with Crippen molar-refractivity contribution >= 4 is 5.91 Å². The van der Waals surface area contributed by atoms with E-state index in [1.165, 1.54) is 17.5 Å². The summed E-state index contributed by atoms with van der Waals surface area (Å²) in [7, 11) is 0. The molecule has 0 aromatic heterocycles. The van der Waals surface area contributed by atoms with Crippen molar-refractivity contribution in [3.8, 4) is 0 Å². The van der Waals surface area contributed by atoms with Gasteiger partial charge in [-0.3, -0.25) is 4.79 Å². The molecule has 0 spiro atoms. The molecule has 3 atom stereocenters. The van der Waals surface area contributed by atoms with Crippen LogP contribution in [0, 0.1) is 12.8 Å². The van der Waals surface area contributed by atoms with E-state index in [2.05, 4.69) is 37.4 Å². The minimum Gasteiger partial charge on any atom is -0.353 e. The Kier molecular flexibility index (Phi) is 5.80. The standard InChI is InChI=1S/C18H28N2O/c1-13-8-6-7-9-15(13)12-14(2)20-18(21)16-10-4-3-5-11-17(16)19/h6-9,14,16-17H,3-5,10-12,19H2,1-2H3,(H,20,21). The van der Waals surface area contributed by atoms with Crippen molar-refractivity contribution in [1.82, 2.24) is 5.32 Å². The van der Waals surface area contributed by atoms with Crippen molar-refractivity contribution in [1.29, 1.82) is 0 Å². The Morgan fingerprint density at radius 1 is 1.29 bits per heavy atom. The van der Waals surface area contributed by atoms with Crippen LogP contribution < -0.4 is 11.1 Å². The lowest BCUT2D eigenvalue weighted by Crippen LogP contribution is -2.45. The van der Waals surface area contributed by atoms with Crippen LogP contribution in [-0.2, 0) is 11.2 Å². The van der Waals surface area contributed by atoms with E-state index in [9.17, 15) is 4.79 Å². The van der Waals surface area contributed by atoms with Crippen molar-refractivity contribution in [3.05, 3.63) is 35.4 Å². The highest BCUT2D eigenvalue weighted by Crippen LogP contribution is 2.22. The molecule has 1 fully saturated rings. The maximum Gasteiger partial charge on any atom is 0.224 e. The molecule has 0 aliphatic heterocycles. The number of carbonyl (C=O) groups is 1. The van der Waals surface area contributed by atoms with Gasteiger partial charge in [0.2, 0.25) is 5.91 Å². The van der Waals surface area contributed by atoms with Crippen molar-refractivity contribution in [3.63, 3.8) is 0 Å². The molecule has 1 saturated carbocycles. The second-order valence-electron chi connectivity index (χ2n) is 6.45. The van der Waals surface area contributed by atoms with Crippen LogP contribution in [0.4, 0.5) is 0 Å². The molecule has 0 bridgehead atoms. The van der Waals surface area contributed by atoms with E-state index < -0.39 is 0 Å². The third-order valence-electron chi connectivity index (χ3n) is 4.58. The van der Waals surface area contributed by atoms with Crippen molar-refractivity contribution in [2.45, 2.75) is 64.5 Å². The van der Waals surface area contributed by atoms with E-state index in [0.29, 0.717) is 0 Å². The summed E-state index contributed by atoms with van der Waals surface area (Å²) in [5.74, 6) is 0.136. The van der Waals surface area contributed by atoms with Crippen LogP contribution in [0.5, 0.6) is 0 Å². The van der Waals surface area contributed by atoms with E-state index in [0.717, 1.165) is 32.1 Å². The first-order chi connectivity index (χ1) is 10.1. The van der Waals surface area contributed by atoms with E-state index in [1.807, 2.05) is 6.07 Å². The molecule has 1 aliphatic carbocycles. The number of hydrogen-bond acceptors (Lipinski definition) is 2. The second-order valence-corrected chi connectivity index (χ2v) is 6.45. The highest BCUT2D eigenvalue weighted by Gasteiger charge is 2.27. The van der Waals surface area contributed by atoms with Gasteiger partial charge in [0.1, 0.15) is 0 Å². The SMILES string of the molecule is Cc1ccccc1CC(C)NC(=O)C1CCCCCC1N. The van der Waals surface area contributed by atoms with E-state index in [-0.39, 0.29) is 23.9 Å². The van der Waals surface area contributed by atoms with E-state index >= 15 is 0 Å². The van der Waals surface area contributed by atoms with Crippen LogP contribution in [0.3, 0.4) is 0 Å². The summed E-state index contributed by atoms with van der Waals surface area (Å²) in [6, 6.07) is 8.53. The zero-order chi connectivity index (χ0) is 15.2. The molecule has 0 saturated heterocycles. The first-order valence-corrected chi connectivity index (χ1v) is 8.18. The summed E-state index contributed by atoms with van der Waals surface area (Å²) < 4.78 is 0. The number of carbonyl (C=O) groups excluding carboxylic acids is 1. The third kappa shape index (κ3) is 4.57. The molecule has 3 N–H and O–H groups in total. The maximum absolute atomic E-state index is 12.5. The van der Waals surface area contributed by atoms with Gasteiger partial charge in [-0.25, -0.2) is 0 Å². The highest BCUT2D eigenvalue weighted by molar-refractivity contribution is 5.79. The van der Waals surface area contributed by atoms with Crippen molar-refractivity contribution < 1.29 is 4.79 Å². The quantitative estimate of drug-likeness (QED) is 0.837. The Labute approximate surface area is 128 Å². The number of amides is 1. The van der Waals surface area contributed by atoms with Gasteiger partial charge in [-0.15, -0.1) is 0 Å². The lowest BCUT2D eigenvalue weighted by atomic mass is 9.94. The number of rotatable bonds is 4. The summed E-state index contributed by atoms with van der Waals surface area (Å²) in [6.07, 6.45) is 6.27. The molecule has 1 amide bonds. The molecule has 0 radical (unpaired) electrons. The van der Waals surface area contributed by atoms with Crippen molar-refractivity contribution in [2.24, 2.45) is 11.7 Å². The molecule has 116 valence electrons. The fourth-order valence-electron chi connectivity index (χ4n) is 3.23. The molecule has 2 rings (SSSR count). The number of nitrogens with one attached hydrogen (secondary N) is 1. The van der Waals surface area contributed by atoms with Crippen LogP contribution >= 0.6 is 0 Å². The summed E-state index contributed by atoms with van der Waals surface area (Å²) in [6.45, 7) is 4.19. The fourth-order valence-corrected chi connectivity index (χ4v) is 3.23. The van der Waals surface area contributed by atoms with Gasteiger partial charge in [-0.05, 0) is 44.2 Å².